The van der Waals surface area contributed by atoms with Crippen molar-refractivity contribution in [1.82, 2.24) is 10.2 Å². The van der Waals surface area contributed by atoms with Crippen molar-refractivity contribution in [2.45, 2.75) is 20.1 Å². The minimum Gasteiger partial charge on any atom is -0.493 e. The number of carbonyl (C=O) groups excluding carboxylic acids is 3. The Hall–Kier alpha value is -4.73. The van der Waals surface area contributed by atoms with Crippen molar-refractivity contribution in [3.8, 4) is 17.2 Å². The van der Waals surface area contributed by atoms with E-state index in [1.165, 1.54) is 39.5 Å². The predicted molar refractivity (Wildman–Crippen MR) is 132 cm³/mol. The Morgan fingerprint density at radius 2 is 1.68 bits per heavy atom. The summed E-state index contributed by atoms with van der Waals surface area (Å²) in [6, 6.07) is 13.6. The largest absolute Gasteiger partial charge is 0.493 e. The highest BCUT2D eigenvalue weighted by atomic mass is 16.5. The summed E-state index contributed by atoms with van der Waals surface area (Å²) in [4.78, 5) is 38.0. The second-order valence-electron chi connectivity index (χ2n) is 8.17. The third kappa shape index (κ3) is 5.58. The number of ether oxygens (including phenoxy) is 4. The maximum Gasteiger partial charge on any atom is 0.373 e. The summed E-state index contributed by atoms with van der Waals surface area (Å²) in [6.07, 6.45) is 1.51. The lowest BCUT2D eigenvalue weighted by atomic mass is 10.1. The van der Waals surface area contributed by atoms with Crippen LogP contribution in [-0.2, 0) is 22.7 Å². The summed E-state index contributed by atoms with van der Waals surface area (Å²) in [5, 5.41) is 2.56. The lowest BCUT2D eigenvalue weighted by Gasteiger charge is -2.15. The van der Waals surface area contributed by atoms with Gasteiger partial charge in [0.2, 0.25) is 11.5 Å². The molecule has 0 unspecified atom stereocenters. The number of aryl methyl sites for hydroxylation is 1. The van der Waals surface area contributed by atoms with E-state index in [0.717, 1.165) is 16.0 Å². The number of hydrogen-bond acceptors (Lipinski definition) is 8. The van der Waals surface area contributed by atoms with E-state index in [0.29, 0.717) is 29.4 Å². The van der Waals surface area contributed by atoms with E-state index in [1.807, 2.05) is 31.2 Å². The molecule has 10 heteroatoms. The highest BCUT2D eigenvalue weighted by Gasteiger charge is 2.34. The van der Waals surface area contributed by atoms with E-state index >= 15 is 0 Å². The smallest absolute Gasteiger partial charge is 0.373 e. The van der Waals surface area contributed by atoms with E-state index in [2.05, 4.69) is 10.1 Å². The molecule has 0 radical (unpaired) electrons. The van der Waals surface area contributed by atoms with Crippen LogP contribution in [0.4, 0.5) is 4.79 Å². The van der Waals surface area contributed by atoms with E-state index in [-0.39, 0.29) is 23.8 Å². The van der Waals surface area contributed by atoms with Crippen molar-refractivity contribution in [3.05, 3.63) is 82.4 Å². The summed E-state index contributed by atoms with van der Waals surface area (Å²) in [7, 11) is 4.23. The number of nitrogens with one attached hydrogen (secondary N) is 1. The van der Waals surface area contributed by atoms with Crippen LogP contribution in [0.25, 0.3) is 6.08 Å². The monoisotopic (exact) mass is 506 g/mol. The first-order valence-corrected chi connectivity index (χ1v) is 11.3. The average Bonchev–Trinajstić information content (AvgIpc) is 3.48. The second kappa shape index (κ2) is 10.9. The standard InChI is InChI=1S/C27H26N2O8/c1-16-5-7-17(8-6-16)15-36-24-22(33-2)12-18(13-23(24)34-3)11-20-25(30)29(27(32)28-20)14-19-9-10-21(37-19)26(31)35-4/h5-13H,14-15H2,1-4H3,(H,28,32)/b20-11-. The van der Waals surface area contributed by atoms with Crippen LogP contribution in [0.2, 0.25) is 0 Å². The number of furan rings is 1. The lowest BCUT2D eigenvalue weighted by Crippen LogP contribution is -2.30. The summed E-state index contributed by atoms with van der Waals surface area (Å²) in [5.41, 5.74) is 2.74. The van der Waals surface area contributed by atoms with Crippen LogP contribution in [0.1, 0.15) is 33.0 Å². The summed E-state index contributed by atoms with van der Waals surface area (Å²) in [6.45, 7) is 2.16. The van der Waals surface area contributed by atoms with Crippen molar-refractivity contribution in [1.29, 1.82) is 0 Å². The Morgan fingerprint density at radius 3 is 2.30 bits per heavy atom. The number of imide groups is 1. The SMILES string of the molecule is COC(=O)c1ccc(CN2C(=O)N/C(=C\c3cc(OC)c(OCc4ccc(C)cc4)c(OC)c3)C2=O)o1. The van der Waals surface area contributed by atoms with Gasteiger partial charge in [0.25, 0.3) is 5.91 Å². The van der Waals surface area contributed by atoms with Gasteiger partial charge in [0.15, 0.2) is 11.5 Å². The Morgan fingerprint density at radius 1 is 1.00 bits per heavy atom. The zero-order valence-electron chi connectivity index (χ0n) is 20.8. The summed E-state index contributed by atoms with van der Waals surface area (Å²) < 4.78 is 27.0. The molecule has 1 fully saturated rings. The number of benzene rings is 2. The Balaban J connectivity index is 1.53. The quantitative estimate of drug-likeness (QED) is 0.262. The van der Waals surface area contributed by atoms with E-state index in [1.54, 1.807) is 12.1 Å². The third-order valence-corrected chi connectivity index (χ3v) is 5.62. The fourth-order valence-corrected chi connectivity index (χ4v) is 3.68. The Kier molecular flexibility index (Phi) is 7.47. The molecule has 1 aliphatic rings. The number of esters is 1. The van der Waals surface area contributed by atoms with Gasteiger partial charge in [0, 0.05) is 0 Å². The highest BCUT2D eigenvalue weighted by Crippen LogP contribution is 2.39. The first kappa shape index (κ1) is 25.4. The molecule has 37 heavy (non-hydrogen) atoms. The van der Waals surface area contributed by atoms with Crippen LogP contribution in [0.5, 0.6) is 17.2 Å². The molecule has 1 aromatic heterocycles. The van der Waals surface area contributed by atoms with E-state index < -0.39 is 17.9 Å². The molecule has 2 aromatic carbocycles. The van der Waals surface area contributed by atoms with Gasteiger partial charge in [-0.15, -0.1) is 0 Å². The molecule has 0 bridgehead atoms. The van der Waals surface area contributed by atoms with Crippen molar-refractivity contribution >= 4 is 24.0 Å². The molecule has 0 saturated carbocycles. The number of nitrogens with zero attached hydrogens (tertiary/aromatic N) is 1. The third-order valence-electron chi connectivity index (χ3n) is 5.62. The molecule has 0 atom stereocenters. The summed E-state index contributed by atoms with van der Waals surface area (Å²) >= 11 is 0. The maximum atomic E-state index is 12.9. The molecule has 0 aliphatic carbocycles. The van der Waals surface area contributed by atoms with Gasteiger partial charge < -0.3 is 28.7 Å². The molecule has 1 N–H and O–H groups in total. The van der Waals surface area contributed by atoms with Crippen molar-refractivity contribution in [2.24, 2.45) is 0 Å². The van der Waals surface area contributed by atoms with Crippen LogP contribution in [-0.4, -0.2) is 44.1 Å². The lowest BCUT2D eigenvalue weighted by molar-refractivity contribution is -0.123. The Bertz CT molecular complexity index is 1330. The molecule has 3 amide bonds. The van der Waals surface area contributed by atoms with Crippen LogP contribution < -0.4 is 19.5 Å². The minimum atomic E-state index is -0.654. The molecule has 1 aliphatic heterocycles. The fourth-order valence-electron chi connectivity index (χ4n) is 3.68. The fraction of sp³-hybridized carbons (Fsp3) is 0.222. The summed E-state index contributed by atoms with van der Waals surface area (Å²) in [5.74, 6) is 0.232. The predicted octanol–water partition coefficient (Wildman–Crippen LogP) is 4.06. The van der Waals surface area contributed by atoms with Gasteiger partial charge in [0.1, 0.15) is 18.1 Å². The normalized spacial score (nSPS) is 14.1. The number of hydrogen-bond donors (Lipinski definition) is 1. The molecular formula is C27H26N2O8. The average molecular weight is 507 g/mol. The molecule has 0 spiro atoms. The van der Waals surface area contributed by atoms with Gasteiger partial charge in [-0.3, -0.25) is 9.69 Å². The molecule has 2 heterocycles. The van der Waals surface area contributed by atoms with Gasteiger partial charge in [0.05, 0.1) is 27.9 Å². The molecular weight excluding hydrogens is 480 g/mol. The van der Waals surface area contributed by atoms with Crippen LogP contribution in [0, 0.1) is 6.92 Å². The highest BCUT2D eigenvalue weighted by molar-refractivity contribution is 6.13. The van der Waals surface area contributed by atoms with Gasteiger partial charge in [-0.2, -0.15) is 0 Å². The van der Waals surface area contributed by atoms with Gasteiger partial charge in [-0.05, 0) is 48.4 Å². The van der Waals surface area contributed by atoms with Crippen molar-refractivity contribution < 1.29 is 37.7 Å². The zero-order chi connectivity index (χ0) is 26.5. The maximum absolute atomic E-state index is 12.9. The minimum absolute atomic E-state index is 0.0239. The van der Waals surface area contributed by atoms with Crippen LogP contribution in [0.15, 0.2) is 58.6 Å². The first-order chi connectivity index (χ1) is 17.8. The number of carbonyl (C=O) groups is 3. The van der Waals surface area contributed by atoms with E-state index in [9.17, 15) is 14.4 Å². The molecule has 192 valence electrons. The first-order valence-electron chi connectivity index (χ1n) is 11.3. The number of urea groups is 1. The number of methoxy groups -OCH3 is 3. The van der Waals surface area contributed by atoms with Crippen molar-refractivity contribution in [2.75, 3.05) is 21.3 Å². The van der Waals surface area contributed by atoms with Gasteiger partial charge in [-0.1, -0.05) is 29.8 Å². The number of amides is 3. The van der Waals surface area contributed by atoms with Crippen LogP contribution >= 0.6 is 0 Å². The van der Waals surface area contributed by atoms with Gasteiger partial charge >= 0.3 is 12.0 Å². The molecule has 10 nitrogen and oxygen atoms in total. The molecule has 1 saturated heterocycles. The van der Waals surface area contributed by atoms with Gasteiger partial charge in [-0.25, -0.2) is 9.59 Å². The number of rotatable bonds is 9. The molecule has 3 aromatic rings. The topological polar surface area (TPSA) is 117 Å². The Labute approximate surface area is 213 Å². The molecule has 4 rings (SSSR count). The zero-order valence-corrected chi connectivity index (χ0v) is 20.8. The second-order valence-corrected chi connectivity index (χ2v) is 8.17. The van der Waals surface area contributed by atoms with Crippen LogP contribution in [0.3, 0.4) is 0 Å². The van der Waals surface area contributed by atoms with Crippen molar-refractivity contribution in [3.63, 3.8) is 0 Å². The van der Waals surface area contributed by atoms with E-state index in [4.69, 9.17) is 18.6 Å².